The second kappa shape index (κ2) is 15.2. The summed E-state index contributed by atoms with van der Waals surface area (Å²) in [5.41, 5.74) is 19.6. The largest absolute Gasteiger partial charge is 0.484 e. The van der Waals surface area contributed by atoms with Crippen LogP contribution in [0.1, 0.15) is 65.2 Å². The van der Waals surface area contributed by atoms with Crippen LogP contribution in [0.25, 0.3) is 55.8 Å². The molecule has 310 valence electrons. The number of allylic oxidation sites excluding steroid dienone is 2. The molecule has 1 aliphatic heterocycles. The van der Waals surface area contributed by atoms with Crippen molar-refractivity contribution >= 4 is 39.5 Å². The summed E-state index contributed by atoms with van der Waals surface area (Å²) in [5, 5.41) is 2.35. The van der Waals surface area contributed by atoms with E-state index in [1.54, 1.807) is 0 Å². The number of anilines is 3. The van der Waals surface area contributed by atoms with Crippen LogP contribution in [0.4, 0.5) is 17.1 Å². The Hall–Kier alpha value is -7.68. The average Bonchev–Trinajstić information content (AvgIpc) is 3.68. The first-order chi connectivity index (χ1) is 32.3. The highest BCUT2D eigenvalue weighted by atomic mass is 16.5. The minimum absolute atomic E-state index is 0.0229. The maximum Gasteiger partial charge on any atom is 0.132 e. The highest BCUT2D eigenvalue weighted by Gasteiger charge is 2.57. The monoisotopic (exact) mass is 833 g/mol. The lowest BCUT2D eigenvalue weighted by molar-refractivity contribution is 0.105. The summed E-state index contributed by atoms with van der Waals surface area (Å²) >= 11 is 0. The number of fused-ring (bicyclic) bond motifs is 13. The van der Waals surface area contributed by atoms with Gasteiger partial charge in [0.2, 0.25) is 0 Å². The highest BCUT2D eigenvalue weighted by molar-refractivity contribution is 5.98. The van der Waals surface area contributed by atoms with Crippen molar-refractivity contribution in [2.75, 3.05) is 4.90 Å². The van der Waals surface area contributed by atoms with Crippen molar-refractivity contribution in [3.05, 3.63) is 252 Å². The molecule has 3 aliphatic carbocycles. The van der Waals surface area contributed by atoms with Gasteiger partial charge >= 0.3 is 0 Å². The van der Waals surface area contributed by atoms with Crippen molar-refractivity contribution in [3.8, 4) is 39.1 Å². The van der Waals surface area contributed by atoms with Crippen molar-refractivity contribution in [1.82, 2.24) is 0 Å². The fraction of sp³-hybridized carbons (Fsp3) is 0.111. The molecule has 0 fully saturated rings. The predicted molar refractivity (Wildman–Crippen MR) is 270 cm³/mol. The van der Waals surface area contributed by atoms with E-state index in [2.05, 4.69) is 229 Å². The third-order valence-corrected chi connectivity index (χ3v) is 14.7. The maximum absolute atomic E-state index is 7.35. The smallest absolute Gasteiger partial charge is 0.132 e. The molecule has 9 aromatic carbocycles. The molecule has 0 saturated heterocycles. The molecular weight excluding hydrogens is 787 g/mol. The van der Waals surface area contributed by atoms with Gasteiger partial charge in [0.25, 0.3) is 0 Å². The fourth-order valence-corrected chi connectivity index (χ4v) is 11.9. The van der Waals surface area contributed by atoms with E-state index in [-0.39, 0.29) is 12.0 Å². The van der Waals surface area contributed by atoms with Crippen LogP contribution in [0.3, 0.4) is 0 Å². The van der Waals surface area contributed by atoms with Crippen LogP contribution in [0.2, 0.25) is 0 Å². The van der Waals surface area contributed by atoms with Gasteiger partial charge in [-0.1, -0.05) is 188 Å². The van der Waals surface area contributed by atoms with E-state index in [1.165, 1.54) is 90.6 Å². The lowest BCUT2D eigenvalue weighted by Crippen LogP contribution is -2.45. The minimum atomic E-state index is -0.495. The third kappa shape index (κ3) is 5.87. The Kier molecular flexibility index (Phi) is 8.88. The molecule has 0 N–H and O–H groups in total. The molecule has 3 unspecified atom stereocenters. The first-order valence-corrected chi connectivity index (χ1v) is 23.3. The zero-order chi connectivity index (χ0) is 42.9. The van der Waals surface area contributed by atoms with Crippen LogP contribution in [0, 0.1) is 5.92 Å². The molecule has 3 atom stereocenters. The number of benzene rings is 9. The van der Waals surface area contributed by atoms with E-state index < -0.39 is 5.41 Å². The summed E-state index contributed by atoms with van der Waals surface area (Å²) in [5.74, 6) is 1.01. The summed E-state index contributed by atoms with van der Waals surface area (Å²) in [6.07, 6.45) is 11.9. The number of hydrogen-bond donors (Lipinski definition) is 0. The van der Waals surface area contributed by atoms with Gasteiger partial charge in [-0.05, 0) is 129 Å². The van der Waals surface area contributed by atoms with Gasteiger partial charge in [-0.25, -0.2) is 0 Å². The second-order valence-electron chi connectivity index (χ2n) is 18.1. The summed E-state index contributed by atoms with van der Waals surface area (Å²) in [4.78, 5) is 2.43. The fourth-order valence-electron chi connectivity index (χ4n) is 11.9. The van der Waals surface area contributed by atoms with Crippen LogP contribution in [-0.2, 0) is 5.41 Å². The van der Waals surface area contributed by atoms with Gasteiger partial charge in [-0.3, -0.25) is 0 Å². The molecule has 13 rings (SSSR count). The maximum atomic E-state index is 7.35. The number of para-hydroxylation sites is 1. The first kappa shape index (κ1) is 37.8. The molecule has 1 heterocycles. The molecule has 2 nitrogen and oxygen atoms in total. The normalized spacial score (nSPS) is 18.7. The molecule has 1 spiro atoms. The Labute approximate surface area is 381 Å². The summed E-state index contributed by atoms with van der Waals surface area (Å²) in [7, 11) is 0. The number of rotatable bonds is 6. The lowest BCUT2D eigenvalue weighted by atomic mass is 9.58. The van der Waals surface area contributed by atoms with Crippen LogP contribution in [0.15, 0.2) is 218 Å². The van der Waals surface area contributed by atoms with Gasteiger partial charge < -0.3 is 9.64 Å². The molecule has 0 saturated carbocycles. The van der Waals surface area contributed by atoms with Crippen LogP contribution >= 0.6 is 0 Å². The Morgan fingerprint density at radius 2 is 1.22 bits per heavy atom. The summed E-state index contributed by atoms with van der Waals surface area (Å²) in [6, 6.07) is 76.5. The number of nitrogens with zero attached hydrogens (tertiary/aromatic N) is 1. The van der Waals surface area contributed by atoms with Crippen LogP contribution in [0.5, 0.6) is 5.75 Å². The van der Waals surface area contributed by atoms with Crippen molar-refractivity contribution in [2.45, 2.75) is 37.2 Å². The molecule has 65 heavy (non-hydrogen) atoms. The third-order valence-electron chi connectivity index (χ3n) is 14.7. The van der Waals surface area contributed by atoms with Gasteiger partial charge in [0, 0.05) is 39.5 Å². The molecule has 4 aliphatic rings. The summed E-state index contributed by atoms with van der Waals surface area (Å²) in [6.45, 7) is 0. The Bertz CT molecular complexity index is 3380. The standard InChI is InChI=1S/C63H47NO/c1-4-18-42(19-5-1)50-37-36-49(41-55(50)43-20-6-2-7-21-43)64(47-25-8-3-9-26-47)48-27-16-24-46(40-48)51-31-17-33-57-60(51)54-30-14-15-32-56(54)63(57)58-38-34-44-22-10-12-28-52(44)61(58)65-62-53-29-13-11-23-45(53)35-39-59(62)63/h2-3,6-18,20-41,58,61H,1,4-5,19H2. The Balaban J connectivity index is 1.01. The quantitative estimate of drug-likeness (QED) is 0.165. The van der Waals surface area contributed by atoms with Crippen molar-refractivity contribution < 1.29 is 4.74 Å². The van der Waals surface area contributed by atoms with Crippen molar-refractivity contribution in [2.24, 2.45) is 5.92 Å². The summed E-state index contributed by atoms with van der Waals surface area (Å²) < 4.78 is 7.35. The highest BCUT2D eigenvalue weighted by Crippen LogP contribution is 2.66. The molecule has 9 aromatic rings. The number of ether oxygens (including phenoxy) is 1. The van der Waals surface area contributed by atoms with Crippen molar-refractivity contribution in [3.63, 3.8) is 0 Å². The molecular formula is C63H47NO. The molecule has 0 amide bonds. The average molecular weight is 834 g/mol. The topological polar surface area (TPSA) is 12.5 Å². The van der Waals surface area contributed by atoms with Gasteiger partial charge in [0.1, 0.15) is 11.9 Å². The molecule has 0 radical (unpaired) electrons. The van der Waals surface area contributed by atoms with E-state index in [9.17, 15) is 0 Å². The van der Waals surface area contributed by atoms with E-state index in [0.29, 0.717) is 0 Å². The molecule has 0 aromatic heterocycles. The van der Waals surface area contributed by atoms with E-state index >= 15 is 0 Å². The molecule has 0 bridgehead atoms. The van der Waals surface area contributed by atoms with Gasteiger partial charge in [-0.2, -0.15) is 0 Å². The first-order valence-electron chi connectivity index (χ1n) is 23.3. The van der Waals surface area contributed by atoms with Gasteiger partial charge in [-0.15, -0.1) is 0 Å². The van der Waals surface area contributed by atoms with Crippen LogP contribution in [-0.4, -0.2) is 0 Å². The van der Waals surface area contributed by atoms with E-state index in [0.717, 1.165) is 41.0 Å². The SMILES string of the molecule is C1=CC2C(Oc3c(ccc4ccccc34)C23c2ccccc2-c2c(-c4cccc(N(c5ccccc5)c5ccc(C6=CCCCC6)c(-c6ccccc6)c5)c4)cccc23)c2ccccc21. The minimum Gasteiger partial charge on any atom is -0.484 e. The zero-order valence-electron chi connectivity index (χ0n) is 36.2. The van der Waals surface area contributed by atoms with E-state index in [4.69, 9.17) is 4.74 Å². The van der Waals surface area contributed by atoms with Gasteiger partial charge in [0.15, 0.2) is 0 Å². The van der Waals surface area contributed by atoms with Crippen molar-refractivity contribution in [1.29, 1.82) is 0 Å². The van der Waals surface area contributed by atoms with Crippen LogP contribution < -0.4 is 9.64 Å². The zero-order valence-corrected chi connectivity index (χ0v) is 36.2. The predicted octanol–water partition coefficient (Wildman–Crippen LogP) is 16.7. The lowest BCUT2D eigenvalue weighted by Gasteiger charge is -2.49. The second-order valence-corrected chi connectivity index (χ2v) is 18.1. The van der Waals surface area contributed by atoms with E-state index in [1.807, 2.05) is 0 Å². The Morgan fingerprint density at radius 3 is 2.11 bits per heavy atom. The van der Waals surface area contributed by atoms with Gasteiger partial charge in [0.05, 0.1) is 5.41 Å². The number of hydrogen-bond acceptors (Lipinski definition) is 2. The Morgan fingerprint density at radius 1 is 0.492 bits per heavy atom. The molecule has 2 heteroatoms.